The van der Waals surface area contributed by atoms with Crippen LogP contribution in [0.5, 0.6) is 0 Å². The van der Waals surface area contributed by atoms with Crippen LogP contribution in [-0.4, -0.2) is 98.7 Å². The molecule has 4 aliphatic heterocycles. The van der Waals surface area contributed by atoms with Crippen molar-refractivity contribution in [1.82, 2.24) is 0 Å². The molecular weight excluding hydrogens is 452 g/mol. The average Bonchev–Trinajstić information content (AvgIpc) is 3.00. The first-order valence-electron chi connectivity index (χ1n) is 11.4. The highest BCUT2D eigenvalue weighted by Crippen LogP contribution is 2.81. The van der Waals surface area contributed by atoms with Gasteiger partial charge in [-0.2, -0.15) is 0 Å². The zero-order valence-corrected chi connectivity index (χ0v) is 18.4. The number of carbonyl (C=O) groups is 1. The molecule has 0 amide bonds. The fourth-order valence-electron chi connectivity index (χ4n) is 6.87. The van der Waals surface area contributed by atoms with E-state index in [4.69, 9.17) is 23.7 Å². The van der Waals surface area contributed by atoms with Gasteiger partial charge in [0.15, 0.2) is 18.4 Å². The summed E-state index contributed by atoms with van der Waals surface area (Å²) in [6.07, 6.45) is -7.87. The van der Waals surface area contributed by atoms with Crippen molar-refractivity contribution in [3.05, 3.63) is 35.9 Å². The summed E-state index contributed by atoms with van der Waals surface area (Å²) in [5.41, 5.74) is -2.99. The lowest BCUT2D eigenvalue weighted by atomic mass is 9.41. The summed E-state index contributed by atoms with van der Waals surface area (Å²) >= 11 is 0. The Morgan fingerprint density at radius 2 is 1.85 bits per heavy atom. The number of esters is 1. The molecule has 7 fully saturated rings. The van der Waals surface area contributed by atoms with Gasteiger partial charge in [0, 0.05) is 12.3 Å². The third kappa shape index (κ3) is 2.59. The predicted molar refractivity (Wildman–Crippen MR) is 109 cm³/mol. The van der Waals surface area contributed by atoms with Crippen LogP contribution in [0.25, 0.3) is 0 Å². The van der Waals surface area contributed by atoms with Gasteiger partial charge >= 0.3 is 5.97 Å². The fraction of sp³-hybridized carbons (Fsp3) is 0.696. The van der Waals surface area contributed by atoms with Crippen molar-refractivity contribution in [3.8, 4) is 0 Å². The van der Waals surface area contributed by atoms with Gasteiger partial charge in [-0.3, -0.25) is 0 Å². The quantitative estimate of drug-likeness (QED) is 0.306. The number of rotatable bonds is 6. The van der Waals surface area contributed by atoms with Crippen molar-refractivity contribution < 1.29 is 54.0 Å². The monoisotopic (exact) mass is 480 g/mol. The van der Waals surface area contributed by atoms with Crippen LogP contribution in [0.2, 0.25) is 0 Å². The molecule has 11 atom stereocenters. The maximum atomic E-state index is 12.7. The van der Waals surface area contributed by atoms with Gasteiger partial charge in [0.05, 0.1) is 17.6 Å². The normalized spacial score (nSPS) is 52.5. The third-order valence-electron chi connectivity index (χ3n) is 8.57. The molecule has 1 aromatic rings. The first-order valence-corrected chi connectivity index (χ1v) is 11.4. The van der Waals surface area contributed by atoms with Crippen molar-refractivity contribution in [1.29, 1.82) is 0 Å². The lowest BCUT2D eigenvalue weighted by molar-refractivity contribution is -0.424. The van der Waals surface area contributed by atoms with Crippen LogP contribution in [-0.2, 0) is 23.7 Å². The van der Waals surface area contributed by atoms with Gasteiger partial charge in [0.2, 0.25) is 0 Å². The Balaban J connectivity index is 1.32. The van der Waals surface area contributed by atoms with Crippen LogP contribution in [0.15, 0.2) is 30.3 Å². The van der Waals surface area contributed by atoms with E-state index in [0.717, 1.165) is 0 Å². The first-order chi connectivity index (χ1) is 16.1. The molecule has 4 saturated heterocycles. The summed E-state index contributed by atoms with van der Waals surface area (Å²) in [5, 5.41) is 51.7. The van der Waals surface area contributed by atoms with Crippen LogP contribution in [0, 0.1) is 11.3 Å². The van der Waals surface area contributed by atoms with Gasteiger partial charge < -0.3 is 49.2 Å². The Kier molecular flexibility index (Phi) is 4.81. The number of aliphatic hydroxyl groups is 5. The smallest absolute Gasteiger partial charge is 0.338 e. The molecule has 186 valence electrons. The highest BCUT2D eigenvalue weighted by molar-refractivity contribution is 5.89. The number of carbonyl (C=O) groups excluding carboxylic acids is 1. The van der Waals surface area contributed by atoms with Gasteiger partial charge in [0.25, 0.3) is 0 Å². The molecule has 5 N–H and O–H groups in total. The summed E-state index contributed by atoms with van der Waals surface area (Å²) < 4.78 is 29.7. The fourth-order valence-corrected chi connectivity index (χ4v) is 6.87. The lowest BCUT2D eigenvalue weighted by Crippen LogP contribution is -2.80. The Labute approximate surface area is 194 Å². The minimum Gasteiger partial charge on any atom is -0.461 e. The minimum absolute atomic E-state index is 0.0902. The van der Waals surface area contributed by atoms with E-state index in [9.17, 15) is 30.3 Å². The van der Waals surface area contributed by atoms with Crippen LogP contribution < -0.4 is 0 Å². The van der Waals surface area contributed by atoms with E-state index in [-0.39, 0.29) is 19.4 Å². The second-order valence-corrected chi connectivity index (χ2v) is 10.2. The van der Waals surface area contributed by atoms with E-state index in [1.165, 1.54) is 0 Å². The van der Waals surface area contributed by atoms with E-state index in [0.29, 0.717) is 5.56 Å². The van der Waals surface area contributed by atoms with E-state index in [1.807, 2.05) is 0 Å². The van der Waals surface area contributed by atoms with Crippen molar-refractivity contribution in [3.63, 3.8) is 0 Å². The number of benzene rings is 1. The van der Waals surface area contributed by atoms with Crippen LogP contribution in [0.4, 0.5) is 0 Å². The molecule has 11 nitrogen and oxygen atoms in total. The summed E-state index contributed by atoms with van der Waals surface area (Å²) in [5.74, 6) is -2.49. The second kappa shape index (κ2) is 7.19. The maximum absolute atomic E-state index is 12.7. The van der Waals surface area contributed by atoms with Gasteiger partial charge in [0.1, 0.15) is 42.2 Å². The number of hydrogen-bond acceptors (Lipinski definition) is 11. The maximum Gasteiger partial charge on any atom is 0.338 e. The largest absolute Gasteiger partial charge is 0.461 e. The topological polar surface area (TPSA) is 164 Å². The molecular formula is C23H28O11. The Hall–Kier alpha value is -1.67. The van der Waals surface area contributed by atoms with Crippen molar-refractivity contribution in [2.45, 2.75) is 73.8 Å². The lowest BCUT2D eigenvalue weighted by Gasteiger charge is -2.67. The molecule has 1 aromatic carbocycles. The molecule has 0 radical (unpaired) electrons. The minimum atomic E-state index is -1.61. The van der Waals surface area contributed by atoms with Crippen molar-refractivity contribution in [2.75, 3.05) is 13.2 Å². The first kappa shape index (κ1) is 22.8. The number of aliphatic hydroxyl groups excluding tert-OH is 4. The molecule has 11 heteroatoms. The third-order valence-corrected chi connectivity index (χ3v) is 8.57. The molecule has 4 heterocycles. The second-order valence-electron chi connectivity index (χ2n) is 10.2. The summed E-state index contributed by atoms with van der Waals surface area (Å²) in [4.78, 5) is 12.7. The van der Waals surface area contributed by atoms with E-state index < -0.39 is 77.9 Å². The van der Waals surface area contributed by atoms with Crippen LogP contribution >= 0.6 is 0 Å². The SMILES string of the molecule is C[C@]12C[C@]3(O)O[C@H](O1)[C@]1(COC(=O)c4ccccc4)[C@H]3C[C@]12O[C@H]1O[C@@H](CO)[C@@H](O)[C@@H](O)[C@H]1O. The predicted octanol–water partition coefficient (Wildman–Crippen LogP) is -1.36. The molecule has 0 spiro atoms. The Morgan fingerprint density at radius 3 is 2.56 bits per heavy atom. The molecule has 6 bridgehead atoms. The van der Waals surface area contributed by atoms with E-state index in [2.05, 4.69) is 0 Å². The molecule has 0 unspecified atom stereocenters. The summed E-state index contributed by atoms with van der Waals surface area (Å²) in [6, 6.07) is 8.47. The van der Waals surface area contributed by atoms with Gasteiger partial charge in [-0.1, -0.05) is 18.2 Å². The van der Waals surface area contributed by atoms with Gasteiger partial charge in [-0.15, -0.1) is 0 Å². The zero-order chi connectivity index (χ0) is 24.1. The highest BCUT2D eigenvalue weighted by Gasteiger charge is 2.94. The van der Waals surface area contributed by atoms with Gasteiger partial charge in [-0.25, -0.2) is 4.79 Å². The zero-order valence-electron chi connectivity index (χ0n) is 18.4. The Bertz CT molecular complexity index is 988. The van der Waals surface area contributed by atoms with E-state index in [1.54, 1.807) is 37.3 Å². The van der Waals surface area contributed by atoms with Crippen molar-refractivity contribution >= 4 is 5.97 Å². The van der Waals surface area contributed by atoms with Crippen LogP contribution in [0.1, 0.15) is 30.1 Å². The average molecular weight is 480 g/mol. The van der Waals surface area contributed by atoms with Gasteiger partial charge in [-0.05, 0) is 25.5 Å². The molecule has 34 heavy (non-hydrogen) atoms. The molecule has 3 saturated carbocycles. The van der Waals surface area contributed by atoms with Crippen molar-refractivity contribution in [2.24, 2.45) is 11.3 Å². The van der Waals surface area contributed by atoms with E-state index >= 15 is 0 Å². The van der Waals surface area contributed by atoms with Crippen LogP contribution in [0.3, 0.4) is 0 Å². The molecule has 8 rings (SSSR count). The highest BCUT2D eigenvalue weighted by atomic mass is 16.8. The molecule has 7 aliphatic rings. The Morgan fingerprint density at radius 1 is 1.12 bits per heavy atom. The number of hydrogen-bond donors (Lipinski definition) is 5. The summed E-state index contributed by atoms with van der Waals surface area (Å²) in [6.45, 7) is 0.985. The molecule has 3 aliphatic carbocycles. The summed E-state index contributed by atoms with van der Waals surface area (Å²) in [7, 11) is 0. The molecule has 0 aromatic heterocycles. The number of ether oxygens (including phenoxy) is 5. The standard InChI is InChI=1S/C23H28O11/c1-20-9-22(29)13-7-23(20,32-18-16(27)15(26)14(25)12(8-24)31-18)21(13,19(33-20)34-22)10-30-17(28)11-5-3-2-4-6-11/h2-6,12-16,18-19,24-27,29H,7-10H2,1H3/t12-,13+,14+,15+,16+,18+,19-,20+,21-,22-,23+/m0/s1.